The first-order chi connectivity index (χ1) is 12.5. The number of nitrogens with zero attached hydrogens (tertiary/aromatic N) is 2. The number of amides is 1. The molecule has 0 fully saturated rings. The first kappa shape index (κ1) is 18.8. The molecular formula is C20H17BrIN3O. The van der Waals surface area contributed by atoms with Gasteiger partial charge in [0.2, 0.25) is 0 Å². The van der Waals surface area contributed by atoms with Crippen LogP contribution in [0.4, 0.5) is 0 Å². The Labute approximate surface area is 174 Å². The molecule has 0 spiro atoms. The Bertz CT molecular complexity index is 977. The molecule has 0 unspecified atom stereocenters. The summed E-state index contributed by atoms with van der Waals surface area (Å²) in [6.45, 7) is 4.10. The zero-order valence-electron chi connectivity index (χ0n) is 14.3. The first-order valence-electron chi connectivity index (χ1n) is 7.99. The fraction of sp³-hybridized carbons (Fsp3) is 0.100. The fourth-order valence-corrected chi connectivity index (χ4v) is 3.52. The lowest BCUT2D eigenvalue weighted by Crippen LogP contribution is -2.17. The Morgan fingerprint density at radius 2 is 1.88 bits per heavy atom. The third kappa shape index (κ3) is 4.24. The molecule has 0 bridgehead atoms. The molecule has 0 atom stereocenters. The van der Waals surface area contributed by atoms with Crippen molar-refractivity contribution >= 4 is 50.6 Å². The van der Waals surface area contributed by atoms with Gasteiger partial charge in [-0.2, -0.15) is 5.10 Å². The van der Waals surface area contributed by atoms with Crippen molar-refractivity contribution in [3.05, 3.63) is 85.2 Å². The topological polar surface area (TPSA) is 46.4 Å². The van der Waals surface area contributed by atoms with Crippen molar-refractivity contribution in [2.24, 2.45) is 5.10 Å². The number of hydrazone groups is 1. The van der Waals surface area contributed by atoms with Crippen LogP contribution in [0.1, 0.15) is 27.3 Å². The smallest absolute Gasteiger partial charge is 0.271 e. The molecule has 1 N–H and O–H groups in total. The summed E-state index contributed by atoms with van der Waals surface area (Å²) in [6, 6.07) is 17.6. The lowest BCUT2D eigenvalue weighted by Gasteiger charge is -2.09. The van der Waals surface area contributed by atoms with Crippen LogP contribution < -0.4 is 5.43 Å². The minimum absolute atomic E-state index is 0.242. The summed E-state index contributed by atoms with van der Waals surface area (Å²) in [6.07, 6.45) is 1.68. The minimum atomic E-state index is -0.242. The SMILES string of the molecule is Cc1cc(C=NNC(=O)c2cccc(Br)c2)c(C)n1-c1ccc(I)cc1. The molecule has 6 heteroatoms. The van der Waals surface area contributed by atoms with E-state index >= 15 is 0 Å². The van der Waals surface area contributed by atoms with E-state index in [1.54, 1.807) is 18.3 Å². The van der Waals surface area contributed by atoms with E-state index in [2.05, 4.69) is 90.9 Å². The molecule has 1 amide bonds. The number of hydrogen-bond donors (Lipinski definition) is 1. The summed E-state index contributed by atoms with van der Waals surface area (Å²) in [5.41, 5.74) is 7.40. The van der Waals surface area contributed by atoms with Crippen LogP contribution in [0.25, 0.3) is 5.69 Å². The van der Waals surface area contributed by atoms with Gasteiger partial charge in [0.15, 0.2) is 0 Å². The maximum Gasteiger partial charge on any atom is 0.271 e. The van der Waals surface area contributed by atoms with E-state index in [0.29, 0.717) is 5.56 Å². The van der Waals surface area contributed by atoms with Gasteiger partial charge >= 0.3 is 0 Å². The summed E-state index contributed by atoms with van der Waals surface area (Å²) in [5, 5.41) is 4.12. The van der Waals surface area contributed by atoms with Gasteiger partial charge in [0.05, 0.1) is 6.21 Å². The van der Waals surface area contributed by atoms with E-state index < -0.39 is 0 Å². The third-order valence-electron chi connectivity index (χ3n) is 4.01. The number of benzene rings is 2. The third-order valence-corrected chi connectivity index (χ3v) is 5.22. The molecule has 0 aliphatic rings. The summed E-state index contributed by atoms with van der Waals surface area (Å²) in [4.78, 5) is 12.1. The van der Waals surface area contributed by atoms with E-state index in [1.807, 2.05) is 19.1 Å². The highest BCUT2D eigenvalue weighted by molar-refractivity contribution is 14.1. The van der Waals surface area contributed by atoms with E-state index in [-0.39, 0.29) is 5.91 Å². The van der Waals surface area contributed by atoms with Crippen molar-refractivity contribution in [3.63, 3.8) is 0 Å². The Kier molecular flexibility index (Phi) is 5.93. The number of halogens is 2. The van der Waals surface area contributed by atoms with Crippen LogP contribution in [-0.4, -0.2) is 16.7 Å². The molecular weight excluding hydrogens is 505 g/mol. The lowest BCUT2D eigenvalue weighted by molar-refractivity contribution is 0.0955. The minimum Gasteiger partial charge on any atom is -0.318 e. The van der Waals surface area contributed by atoms with Crippen molar-refractivity contribution in [2.45, 2.75) is 13.8 Å². The highest BCUT2D eigenvalue weighted by atomic mass is 127. The highest BCUT2D eigenvalue weighted by Crippen LogP contribution is 2.20. The Hall–Kier alpha value is -1.93. The molecule has 4 nitrogen and oxygen atoms in total. The van der Waals surface area contributed by atoms with Crippen molar-refractivity contribution in [2.75, 3.05) is 0 Å². The zero-order chi connectivity index (χ0) is 18.7. The van der Waals surface area contributed by atoms with Crippen LogP contribution in [0, 0.1) is 17.4 Å². The van der Waals surface area contributed by atoms with Crippen LogP contribution in [0.5, 0.6) is 0 Å². The molecule has 1 heterocycles. The van der Waals surface area contributed by atoms with Gasteiger partial charge in [-0.25, -0.2) is 5.43 Å². The Morgan fingerprint density at radius 1 is 1.15 bits per heavy atom. The van der Waals surface area contributed by atoms with Gasteiger partial charge < -0.3 is 4.57 Å². The summed E-state index contributed by atoms with van der Waals surface area (Å²) in [5.74, 6) is -0.242. The van der Waals surface area contributed by atoms with Crippen molar-refractivity contribution < 1.29 is 4.79 Å². The van der Waals surface area contributed by atoms with Gasteiger partial charge in [-0.15, -0.1) is 0 Å². The maximum atomic E-state index is 12.1. The molecule has 1 aromatic heterocycles. The molecule has 3 aromatic rings. The van der Waals surface area contributed by atoms with Crippen LogP contribution >= 0.6 is 38.5 Å². The monoisotopic (exact) mass is 521 g/mol. The number of aromatic nitrogens is 1. The molecule has 132 valence electrons. The predicted octanol–water partition coefficient (Wildman–Crippen LogP) is 5.23. The van der Waals surface area contributed by atoms with Gasteiger partial charge in [0.1, 0.15) is 0 Å². The second kappa shape index (κ2) is 8.18. The number of nitrogens with one attached hydrogen (secondary N) is 1. The Morgan fingerprint density at radius 3 is 2.58 bits per heavy atom. The number of rotatable bonds is 4. The maximum absolute atomic E-state index is 12.1. The molecule has 0 aliphatic carbocycles. The number of hydrogen-bond acceptors (Lipinski definition) is 2. The largest absolute Gasteiger partial charge is 0.318 e. The van der Waals surface area contributed by atoms with Crippen molar-refractivity contribution in [1.29, 1.82) is 0 Å². The van der Waals surface area contributed by atoms with Gasteiger partial charge in [-0.1, -0.05) is 22.0 Å². The summed E-state index contributed by atoms with van der Waals surface area (Å²) < 4.78 is 4.23. The summed E-state index contributed by atoms with van der Waals surface area (Å²) >= 11 is 5.66. The quantitative estimate of drug-likeness (QED) is 0.285. The first-order valence-corrected chi connectivity index (χ1v) is 9.87. The molecule has 26 heavy (non-hydrogen) atoms. The second-order valence-corrected chi connectivity index (χ2v) is 8.01. The van der Waals surface area contributed by atoms with Gasteiger partial charge in [0.25, 0.3) is 5.91 Å². The standard InChI is InChI=1S/C20H17BrIN3O/c1-13-10-16(14(2)25(13)19-8-6-18(22)7-9-19)12-23-24-20(26)15-4-3-5-17(21)11-15/h3-12H,1-2H3,(H,24,26). The van der Waals surface area contributed by atoms with E-state index in [0.717, 1.165) is 27.1 Å². The van der Waals surface area contributed by atoms with E-state index in [1.165, 1.54) is 3.57 Å². The predicted molar refractivity (Wildman–Crippen MR) is 117 cm³/mol. The number of aryl methyl sites for hydroxylation is 1. The van der Waals surface area contributed by atoms with Crippen LogP contribution in [-0.2, 0) is 0 Å². The molecule has 0 aliphatic heterocycles. The van der Waals surface area contributed by atoms with Gasteiger partial charge in [-0.3, -0.25) is 4.79 Å². The molecule has 0 saturated carbocycles. The van der Waals surface area contributed by atoms with Crippen molar-refractivity contribution in [1.82, 2.24) is 9.99 Å². The van der Waals surface area contributed by atoms with Gasteiger partial charge in [0, 0.05) is 36.2 Å². The zero-order valence-corrected chi connectivity index (χ0v) is 18.1. The highest BCUT2D eigenvalue weighted by Gasteiger charge is 2.10. The van der Waals surface area contributed by atoms with E-state index in [4.69, 9.17) is 0 Å². The normalized spacial score (nSPS) is 11.1. The van der Waals surface area contributed by atoms with Crippen LogP contribution in [0.2, 0.25) is 0 Å². The average Bonchev–Trinajstić information content (AvgIpc) is 2.89. The number of carbonyl (C=O) groups is 1. The van der Waals surface area contributed by atoms with Crippen molar-refractivity contribution in [3.8, 4) is 5.69 Å². The summed E-state index contributed by atoms with van der Waals surface area (Å²) in [7, 11) is 0. The molecule has 0 saturated heterocycles. The van der Waals surface area contributed by atoms with Crippen LogP contribution in [0.3, 0.4) is 0 Å². The van der Waals surface area contributed by atoms with E-state index in [9.17, 15) is 4.79 Å². The molecule has 0 radical (unpaired) electrons. The second-order valence-electron chi connectivity index (χ2n) is 5.85. The van der Waals surface area contributed by atoms with Gasteiger partial charge in [-0.05, 0) is 85.0 Å². The molecule has 3 rings (SSSR count). The fourth-order valence-electron chi connectivity index (χ4n) is 2.76. The lowest BCUT2D eigenvalue weighted by atomic mass is 10.2. The Balaban J connectivity index is 1.78. The number of carbonyl (C=O) groups excluding carboxylic acids is 1. The molecule has 2 aromatic carbocycles. The average molecular weight is 522 g/mol. The van der Waals surface area contributed by atoms with Crippen LogP contribution in [0.15, 0.2) is 64.2 Å².